The van der Waals surface area contributed by atoms with Crippen molar-refractivity contribution in [3.63, 3.8) is 0 Å². The number of alkyl halides is 3. The highest BCUT2D eigenvalue weighted by atomic mass is 19.4. The summed E-state index contributed by atoms with van der Waals surface area (Å²) in [5.41, 5.74) is 3.54. The van der Waals surface area contributed by atoms with E-state index in [1.54, 1.807) is 13.8 Å². The van der Waals surface area contributed by atoms with E-state index in [9.17, 15) is 13.2 Å². The third-order valence-corrected chi connectivity index (χ3v) is 2.19. The smallest absolute Gasteiger partial charge is 0.387 e. The zero-order valence-corrected chi connectivity index (χ0v) is 7.65. The maximum Gasteiger partial charge on any atom is 0.413 e. The lowest BCUT2D eigenvalue weighted by molar-refractivity contribution is -0.155. The molecule has 0 amide bonds. The number of nitrogens with zero attached hydrogens (tertiary/aromatic N) is 1. The van der Waals surface area contributed by atoms with Gasteiger partial charge in [0.2, 0.25) is 0 Å². The SMILES string of the molecule is CC(C)C(N)=NC1(C(F)(F)F)CC1. The molecule has 0 spiro atoms. The van der Waals surface area contributed by atoms with Crippen LogP contribution in [0.4, 0.5) is 13.2 Å². The van der Waals surface area contributed by atoms with Gasteiger partial charge >= 0.3 is 6.18 Å². The molecule has 0 atom stereocenters. The predicted octanol–water partition coefficient (Wildman–Crippen LogP) is 2.09. The fourth-order valence-corrected chi connectivity index (χ4v) is 0.953. The highest BCUT2D eigenvalue weighted by Gasteiger charge is 2.64. The number of halogens is 3. The fraction of sp³-hybridized carbons (Fsp3) is 0.875. The molecule has 1 aliphatic carbocycles. The van der Waals surface area contributed by atoms with Crippen LogP contribution in [-0.2, 0) is 0 Å². The maximum absolute atomic E-state index is 12.4. The molecule has 1 aliphatic rings. The molecule has 0 aromatic carbocycles. The van der Waals surface area contributed by atoms with Crippen LogP contribution in [0.5, 0.6) is 0 Å². The first-order valence-electron chi connectivity index (χ1n) is 4.20. The molecule has 76 valence electrons. The average molecular weight is 194 g/mol. The molecule has 1 saturated carbocycles. The Morgan fingerprint density at radius 2 is 1.85 bits per heavy atom. The molecule has 0 aliphatic heterocycles. The van der Waals surface area contributed by atoms with Gasteiger partial charge in [-0.1, -0.05) is 13.8 Å². The van der Waals surface area contributed by atoms with Gasteiger partial charge in [-0.25, -0.2) is 0 Å². The van der Waals surface area contributed by atoms with Crippen molar-refractivity contribution >= 4 is 5.84 Å². The first kappa shape index (κ1) is 10.3. The van der Waals surface area contributed by atoms with Gasteiger partial charge in [0.05, 0.1) is 5.84 Å². The van der Waals surface area contributed by atoms with Crippen LogP contribution < -0.4 is 5.73 Å². The minimum absolute atomic E-state index is 0.0733. The van der Waals surface area contributed by atoms with E-state index in [0.29, 0.717) is 0 Å². The van der Waals surface area contributed by atoms with Gasteiger partial charge in [0.15, 0.2) is 5.54 Å². The summed E-state index contributed by atoms with van der Waals surface area (Å²) in [6, 6.07) is 0. The molecule has 1 rings (SSSR count). The summed E-state index contributed by atoms with van der Waals surface area (Å²) in [5, 5.41) is 0. The minimum atomic E-state index is -4.24. The van der Waals surface area contributed by atoms with E-state index < -0.39 is 11.7 Å². The van der Waals surface area contributed by atoms with E-state index in [-0.39, 0.29) is 24.6 Å². The zero-order valence-electron chi connectivity index (χ0n) is 7.65. The normalized spacial score (nSPS) is 22.2. The van der Waals surface area contributed by atoms with Crippen molar-refractivity contribution in [3.8, 4) is 0 Å². The van der Waals surface area contributed by atoms with Gasteiger partial charge in [0.1, 0.15) is 0 Å². The summed E-state index contributed by atoms with van der Waals surface area (Å²) in [6.07, 6.45) is -4.10. The van der Waals surface area contributed by atoms with Crippen LogP contribution in [0.3, 0.4) is 0 Å². The Hall–Kier alpha value is -0.740. The topological polar surface area (TPSA) is 38.4 Å². The Balaban J connectivity index is 2.79. The summed E-state index contributed by atoms with van der Waals surface area (Å²) < 4.78 is 37.1. The van der Waals surface area contributed by atoms with Crippen molar-refractivity contribution < 1.29 is 13.2 Å². The molecule has 0 bridgehead atoms. The fourth-order valence-electron chi connectivity index (χ4n) is 0.953. The number of amidine groups is 1. The van der Waals surface area contributed by atoms with Crippen molar-refractivity contribution in [2.24, 2.45) is 16.6 Å². The second kappa shape index (κ2) is 2.89. The summed E-state index contributed by atoms with van der Waals surface area (Å²) in [4.78, 5) is 3.56. The van der Waals surface area contributed by atoms with Crippen molar-refractivity contribution in [3.05, 3.63) is 0 Å². The van der Waals surface area contributed by atoms with E-state index in [1.165, 1.54) is 0 Å². The van der Waals surface area contributed by atoms with Crippen LogP contribution >= 0.6 is 0 Å². The molecule has 0 heterocycles. The molecule has 0 aromatic heterocycles. The van der Waals surface area contributed by atoms with Gasteiger partial charge in [0.25, 0.3) is 0 Å². The Bertz CT molecular complexity index is 226. The molecule has 1 fully saturated rings. The molecule has 0 unspecified atom stereocenters. The number of aliphatic imine (C=N–C) groups is 1. The molecule has 5 heteroatoms. The molecule has 0 saturated heterocycles. The molecule has 0 radical (unpaired) electrons. The van der Waals surface area contributed by atoms with Crippen molar-refractivity contribution in [2.45, 2.75) is 38.4 Å². The maximum atomic E-state index is 12.4. The molecule has 2 N–H and O–H groups in total. The minimum Gasteiger partial charge on any atom is -0.387 e. The van der Waals surface area contributed by atoms with Crippen LogP contribution in [0, 0.1) is 5.92 Å². The largest absolute Gasteiger partial charge is 0.413 e. The van der Waals surface area contributed by atoms with Crippen LogP contribution in [0.25, 0.3) is 0 Å². The summed E-state index contributed by atoms with van der Waals surface area (Å²) in [6.45, 7) is 3.45. The van der Waals surface area contributed by atoms with Gasteiger partial charge < -0.3 is 5.73 Å². The second-order valence-corrected chi connectivity index (χ2v) is 3.72. The number of hydrogen-bond acceptors (Lipinski definition) is 1. The Morgan fingerprint density at radius 1 is 1.38 bits per heavy atom. The van der Waals surface area contributed by atoms with E-state index in [1.807, 2.05) is 0 Å². The van der Waals surface area contributed by atoms with Crippen molar-refractivity contribution in [1.82, 2.24) is 0 Å². The van der Waals surface area contributed by atoms with E-state index in [2.05, 4.69) is 4.99 Å². The number of hydrogen-bond donors (Lipinski definition) is 1. The van der Waals surface area contributed by atoms with Crippen LogP contribution in [0.15, 0.2) is 4.99 Å². The third kappa shape index (κ3) is 1.95. The number of nitrogens with two attached hydrogens (primary N) is 1. The molecule has 2 nitrogen and oxygen atoms in total. The summed E-state index contributed by atoms with van der Waals surface area (Å²) >= 11 is 0. The summed E-state index contributed by atoms with van der Waals surface area (Å²) in [7, 11) is 0. The lowest BCUT2D eigenvalue weighted by Gasteiger charge is -2.16. The van der Waals surface area contributed by atoms with E-state index >= 15 is 0 Å². The first-order chi connectivity index (χ1) is 5.78. The highest BCUT2D eigenvalue weighted by Crippen LogP contribution is 2.52. The van der Waals surface area contributed by atoms with Gasteiger partial charge in [-0.3, -0.25) is 4.99 Å². The van der Waals surface area contributed by atoms with E-state index in [0.717, 1.165) is 0 Å². The van der Waals surface area contributed by atoms with Gasteiger partial charge in [-0.15, -0.1) is 0 Å². The third-order valence-electron chi connectivity index (χ3n) is 2.19. The number of rotatable bonds is 2. The molecule has 0 aromatic rings. The standard InChI is InChI=1S/C8H13F3N2/c1-5(2)6(12)13-7(3-4-7)8(9,10)11/h5H,3-4H2,1-2H3,(H2,12,13). The van der Waals surface area contributed by atoms with Crippen LogP contribution in [0.1, 0.15) is 26.7 Å². The van der Waals surface area contributed by atoms with Gasteiger partial charge in [-0.05, 0) is 12.8 Å². The Labute approximate surface area is 75.0 Å². The van der Waals surface area contributed by atoms with Crippen molar-refractivity contribution in [2.75, 3.05) is 0 Å². The van der Waals surface area contributed by atoms with Crippen LogP contribution in [-0.4, -0.2) is 17.6 Å². The first-order valence-corrected chi connectivity index (χ1v) is 4.20. The van der Waals surface area contributed by atoms with Crippen molar-refractivity contribution in [1.29, 1.82) is 0 Å². The lowest BCUT2D eigenvalue weighted by Crippen LogP contribution is -2.33. The second-order valence-electron chi connectivity index (χ2n) is 3.72. The molecular formula is C8H13F3N2. The average Bonchev–Trinajstić information content (AvgIpc) is 2.66. The van der Waals surface area contributed by atoms with E-state index in [4.69, 9.17) is 5.73 Å². The van der Waals surface area contributed by atoms with Gasteiger partial charge in [0, 0.05) is 5.92 Å². The van der Waals surface area contributed by atoms with Gasteiger partial charge in [-0.2, -0.15) is 13.2 Å². The zero-order chi connectivity index (χ0) is 10.3. The monoisotopic (exact) mass is 194 g/mol. The summed E-state index contributed by atoms with van der Waals surface area (Å²) in [5.74, 6) is -0.0327. The van der Waals surface area contributed by atoms with Crippen LogP contribution in [0.2, 0.25) is 0 Å². The Morgan fingerprint density at radius 3 is 2.08 bits per heavy atom. The molecular weight excluding hydrogens is 181 g/mol. The lowest BCUT2D eigenvalue weighted by atomic mass is 10.2. The Kier molecular flexibility index (Phi) is 2.30. The quantitative estimate of drug-likeness (QED) is 0.530. The predicted molar refractivity (Wildman–Crippen MR) is 44.5 cm³/mol. The highest BCUT2D eigenvalue weighted by molar-refractivity contribution is 5.82. The molecule has 13 heavy (non-hydrogen) atoms.